The van der Waals surface area contributed by atoms with E-state index in [1.54, 1.807) is 29.2 Å². The van der Waals surface area contributed by atoms with Crippen molar-refractivity contribution in [2.45, 2.75) is 25.1 Å². The summed E-state index contributed by atoms with van der Waals surface area (Å²) in [4.78, 5) is 22.4. The third kappa shape index (κ3) is 5.06. The SMILES string of the molecule is O=C(Oc1ccc(Oc2ccc(C(F)(F)F)cn2)cc1)N1CCC(n2cnc3ccccc32)CC1. The number of amides is 1. The zero-order valence-corrected chi connectivity index (χ0v) is 18.5. The number of piperidine rings is 1. The van der Waals surface area contributed by atoms with Crippen LogP contribution in [0.25, 0.3) is 11.0 Å². The maximum atomic E-state index is 12.6. The lowest BCUT2D eigenvalue weighted by atomic mass is 10.1. The van der Waals surface area contributed by atoms with E-state index in [-0.39, 0.29) is 11.9 Å². The molecule has 0 aliphatic carbocycles. The molecule has 2 aromatic heterocycles. The molecular weight excluding hydrogens is 461 g/mol. The number of likely N-dealkylation sites (tertiary alicyclic amines) is 1. The van der Waals surface area contributed by atoms with Gasteiger partial charge in [-0.2, -0.15) is 13.2 Å². The number of carbonyl (C=O) groups is 1. The van der Waals surface area contributed by atoms with E-state index in [1.807, 2.05) is 30.6 Å². The fourth-order valence-corrected chi connectivity index (χ4v) is 4.07. The number of benzene rings is 2. The van der Waals surface area contributed by atoms with Crippen LogP contribution in [0.3, 0.4) is 0 Å². The molecule has 0 radical (unpaired) electrons. The first kappa shape index (κ1) is 22.7. The Morgan fingerprint density at radius 1 is 0.914 bits per heavy atom. The first-order valence-corrected chi connectivity index (χ1v) is 11.1. The van der Waals surface area contributed by atoms with E-state index in [0.717, 1.165) is 36.0 Å². The molecule has 1 aliphatic heterocycles. The van der Waals surface area contributed by atoms with E-state index >= 15 is 0 Å². The minimum atomic E-state index is -4.46. The second kappa shape index (κ2) is 9.28. The molecule has 7 nitrogen and oxygen atoms in total. The van der Waals surface area contributed by atoms with Crippen LogP contribution >= 0.6 is 0 Å². The number of hydrogen-bond acceptors (Lipinski definition) is 5. The molecule has 35 heavy (non-hydrogen) atoms. The van der Waals surface area contributed by atoms with Gasteiger partial charge in [-0.25, -0.2) is 14.8 Å². The van der Waals surface area contributed by atoms with Gasteiger partial charge in [0.15, 0.2) is 0 Å². The molecule has 2 aromatic carbocycles. The lowest BCUT2D eigenvalue weighted by Crippen LogP contribution is -2.40. The fraction of sp³-hybridized carbons (Fsp3) is 0.240. The van der Waals surface area contributed by atoms with E-state index < -0.39 is 17.8 Å². The van der Waals surface area contributed by atoms with Crippen molar-refractivity contribution < 1.29 is 27.4 Å². The van der Waals surface area contributed by atoms with E-state index in [1.165, 1.54) is 0 Å². The summed E-state index contributed by atoms with van der Waals surface area (Å²) in [5.41, 5.74) is 1.19. The van der Waals surface area contributed by atoms with Gasteiger partial charge in [0.25, 0.3) is 0 Å². The quantitative estimate of drug-likeness (QED) is 0.353. The lowest BCUT2D eigenvalue weighted by Gasteiger charge is -2.32. The third-order valence-electron chi connectivity index (χ3n) is 5.91. The van der Waals surface area contributed by atoms with Crippen LogP contribution in [0.15, 0.2) is 73.2 Å². The Morgan fingerprint density at radius 3 is 2.31 bits per heavy atom. The van der Waals surface area contributed by atoms with Gasteiger partial charge in [-0.3, -0.25) is 0 Å². The lowest BCUT2D eigenvalue weighted by molar-refractivity contribution is -0.137. The molecule has 10 heteroatoms. The van der Waals surface area contributed by atoms with Crippen molar-refractivity contribution >= 4 is 17.1 Å². The highest BCUT2D eigenvalue weighted by Gasteiger charge is 2.30. The predicted octanol–water partition coefficient (Wildman–Crippen LogP) is 6.08. The first-order chi connectivity index (χ1) is 16.9. The number of imidazole rings is 1. The van der Waals surface area contributed by atoms with Crippen molar-refractivity contribution in [3.8, 4) is 17.4 Å². The summed E-state index contributed by atoms with van der Waals surface area (Å²) in [6, 6.07) is 16.5. The number of fused-ring (bicyclic) bond motifs is 1. The molecule has 1 fully saturated rings. The molecule has 3 heterocycles. The van der Waals surface area contributed by atoms with E-state index in [0.29, 0.717) is 30.8 Å². The third-order valence-corrected chi connectivity index (χ3v) is 5.91. The molecule has 1 amide bonds. The van der Waals surface area contributed by atoms with Crippen LogP contribution in [0.5, 0.6) is 17.4 Å². The number of hydrogen-bond donors (Lipinski definition) is 0. The molecule has 0 spiro atoms. The fourth-order valence-electron chi connectivity index (χ4n) is 4.07. The number of carbonyl (C=O) groups excluding carboxylic acids is 1. The molecule has 5 rings (SSSR count). The minimum absolute atomic E-state index is 0.0243. The van der Waals surface area contributed by atoms with Gasteiger partial charge in [-0.1, -0.05) is 12.1 Å². The Balaban J connectivity index is 1.14. The number of halogens is 3. The maximum Gasteiger partial charge on any atom is 0.417 e. The number of pyridine rings is 1. The molecule has 0 saturated carbocycles. The predicted molar refractivity (Wildman–Crippen MR) is 121 cm³/mol. The van der Waals surface area contributed by atoms with Gasteiger partial charge in [0, 0.05) is 31.4 Å². The molecule has 0 bridgehead atoms. The highest BCUT2D eigenvalue weighted by Crippen LogP contribution is 2.31. The van der Waals surface area contributed by atoms with Crippen LogP contribution in [0, 0.1) is 0 Å². The standard InChI is InChI=1S/C25H21F3N4O3/c26-25(27,28)17-5-10-23(29-15-17)34-19-6-8-20(9-7-19)35-24(33)31-13-11-18(12-14-31)32-16-30-21-3-1-2-4-22(21)32/h1-10,15-16,18H,11-14H2. The topological polar surface area (TPSA) is 69.5 Å². The normalized spacial score (nSPS) is 14.8. The average molecular weight is 482 g/mol. The van der Waals surface area contributed by atoms with Crippen molar-refractivity contribution in [3.05, 3.63) is 78.8 Å². The Labute approximate surface area is 198 Å². The molecule has 0 unspecified atom stereocenters. The second-order valence-corrected chi connectivity index (χ2v) is 8.18. The smallest absolute Gasteiger partial charge is 0.417 e. The number of ether oxygens (including phenoxy) is 2. The zero-order chi connectivity index (χ0) is 24.4. The van der Waals surface area contributed by atoms with E-state index in [2.05, 4.69) is 14.5 Å². The Bertz CT molecular complexity index is 1310. The molecule has 1 saturated heterocycles. The largest absolute Gasteiger partial charge is 0.439 e. The van der Waals surface area contributed by atoms with E-state index in [9.17, 15) is 18.0 Å². The summed E-state index contributed by atoms with van der Waals surface area (Å²) in [5, 5.41) is 0. The highest BCUT2D eigenvalue weighted by atomic mass is 19.4. The number of para-hydroxylation sites is 2. The molecule has 4 aromatic rings. The molecule has 1 aliphatic rings. The van der Waals surface area contributed by atoms with Gasteiger partial charge >= 0.3 is 12.3 Å². The summed E-state index contributed by atoms with van der Waals surface area (Å²) >= 11 is 0. The average Bonchev–Trinajstić information content (AvgIpc) is 3.29. The highest BCUT2D eigenvalue weighted by molar-refractivity contribution is 5.75. The van der Waals surface area contributed by atoms with E-state index in [4.69, 9.17) is 9.47 Å². The first-order valence-electron chi connectivity index (χ1n) is 11.1. The van der Waals surface area contributed by atoms with Gasteiger partial charge in [-0.15, -0.1) is 0 Å². The minimum Gasteiger partial charge on any atom is -0.439 e. The number of rotatable bonds is 4. The summed E-state index contributed by atoms with van der Waals surface area (Å²) < 4.78 is 51.0. The van der Waals surface area contributed by atoms with Crippen molar-refractivity contribution in [3.63, 3.8) is 0 Å². The van der Waals surface area contributed by atoms with Crippen LogP contribution in [-0.4, -0.2) is 38.6 Å². The Hall–Kier alpha value is -4.08. The summed E-state index contributed by atoms with van der Waals surface area (Å²) in [7, 11) is 0. The molecule has 180 valence electrons. The van der Waals surface area contributed by atoms with Crippen LogP contribution in [0.2, 0.25) is 0 Å². The Morgan fingerprint density at radius 2 is 1.63 bits per heavy atom. The number of nitrogens with zero attached hydrogens (tertiary/aromatic N) is 4. The van der Waals surface area contributed by atoms with Crippen LogP contribution in [0.4, 0.5) is 18.0 Å². The monoisotopic (exact) mass is 482 g/mol. The molecule has 0 N–H and O–H groups in total. The summed E-state index contributed by atoms with van der Waals surface area (Å²) in [6.07, 6.45) is -0.737. The Kier molecular flexibility index (Phi) is 6.02. The summed E-state index contributed by atoms with van der Waals surface area (Å²) in [5.74, 6) is 0.715. The summed E-state index contributed by atoms with van der Waals surface area (Å²) in [6.45, 7) is 1.13. The molecular formula is C25H21F3N4O3. The van der Waals surface area contributed by atoms with Gasteiger partial charge < -0.3 is 18.9 Å². The molecule has 0 atom stereocenters. The van der Waals surface area contributed by atoms with Gasteiger partial charge in [-0.05, 0) is 55.3 Å². The maximum absolute atomic E-state index is 12.6. The van der Waals surface area contributed by atoms with Crippen LogP contribution in [0.1, 0.15) is 24.4 Å². The van der Waals surface area contributed by atoms with Crippen molar-refractivity contribution in [2.24, 2.45) is 0 Å². The van der Waals surface area contributed by atoms with Crippen LogP contribution < -0.4 is 9.47 Å². The van der Waals surface area contributed by atoms with Crippen molar-refractivity contribution in [1.82, 2.24) is 19.4 Å². The second-order valence-electron chi connectivity index (χ2n) is 8.18. The van der Waals surface area contributed by atoms with Crippen molar-refractivity contribution in [2.75, 3.05) is 13.1 Å². The van der Waals surface area contributed by atoms with Crippen LogP contribution in [-0.2, 0) is 6.18 Å². The van der Waals surface area contributed by atoms with Crippen molar-refractivity contribution in [1.29, 1.82) is 0 Å². The van der Waals surface area contributed by atoms with Gasteiger partial charge in [0.1, 0.15) is 11.5 Å². The number of aromatic nitrogens is 3. The zero-order valence-electron chi connectivity index (χ0n) is 18.5. The van der Waals surface area contributed by atoms with Gasteiger partial charge in [0.05, 0.1) is 22.9 Å². The van der Waals surface area contributed by atoms with Gasteiger partial charge in [0.2, 0.25) is 5.88 Å². The number of alkyl halides is 3.